The third-order valence-electron chi connectivity index (χ3n) is 5.29. The summed E-state index contributed by atoms with van der Waals surface area (Å²) >= 11 is 0. The molecule has 1 aromatic carbocycles. The van der Waals surface area contributed by atoms with Crippen LogP contribution >= 0.6 is 0 Å². The van der Waals surface area contributed by atoms with Crippen LogP contribution in [0.5, 0.6) is 0 Å². The fourth-order valence-corrected chi connectivity index (χ4v) is 3.83. The molecule has 19 heavy (non-hydrogen) atoms. The number of nitrogens with zero attached hydrogens (tertiary/aromatic N) is 1. The second-order valence-corrected chi connectivity index (χ2v) is 6.88. The fraction of sp³-hybridized carbons (Fsp3) is 0.647. The van der Waals surface area contributed by atoms with Gasteiger partial charge in [0, 0.05) is 24.7 Å². The third-order valence-corrected chi connectivity index (χ3v) is 5.29. The first-order chi connectivity index (χ1) is 9.31. The second kappa shape index (κ2) is 4.32. The molecule has 0 aliphatic heterocycles. The summed E-state index contributed by atoms with van der Waals surface area (Å²) in [4.78, 5) is 2.81. The fourth-order valence-electron chi connectivity index (χ4n) is 3.83. The van der Waals surface area contributed by atoms with E-state index in [-0.39, 0.29) is 5.54 Å². The van der Waals surface area contributed by atoms with Crippen molar-refractivity contribution in [2.75, 3.05) is 13.1 Å². The summed E-state index contributed by atoms with van der Waals surface area (Å²) in [5.74, 6) is 0.965. The van der Waals surface area contributed by atoms with Gasteiger partial charge in [0.05, 0.1) is 0 Å². The molecule has 102 valence electrons. The van der Waals surface area contributed by atoms with Crippen molar-refractivity contribution in [3.63, 3.8) is 0 Å². The number of rotatable bonds is 5. The molecule has 0 radical (unpaired) electrons. The van der Waals surface area contributed by atoms with Crippen molar-refractivity contribution in [2.24, 2.45) is 11.7 Å². The second-order valence-electron chi connectivity index (χ2n) is 6.88. The quantitative estimate of drug-likeness (QED) is 0.876. The van der Waals surface area contributed by atoms with E-state index < -0.39 is 0 Å². The largest absolute Gasteiger partial charge is 0.329 e. The van der Waals surface area contributed by atoms with Gasteiger partial charge in [-0.15, -0.1) is 0 Å². The lowest BCUT2D eigenvalue weighted by Gasteiger charge is -2.41. The lowest BCUT2D eigenvalue weighted by molar-refractivity contribution is 0.0872. The van der Waals surface area contributed by atoms with Gasteiger partial charge < -0.3 is 5.73 Å². The number of hydrogen-bond donors (Lipinski definition) is 1. The van der Waals surface area contributed by atoms with E-state index in [0.29, 0.717) is 0 Å². The Morgan fingerprint density at radius 1 is 1.05 bits per heavy atom. The predicted octanol–water partition coefficient (Wildman–Crippen LogP) is 2.36. The maximum atomic E-state index is 6.27. The molecule has 0 bridgehead atoms. The van der Waals surface area contributed by atoms with Gasteiger partial charge >= 0.3 is 0 Å². The van der Waals surface area contributed by atoms with Crippen LogP contribution in [0.25, 0.3) is 0 Å². The number of fused-ring (bicyclic) bond motifs is 1. The van der Waals surface area contributed by atoms with Gasteiger partial charge in [-0.3, -0.25) is 4.90 Å². The van der Waals surface area contributed by atoms with E-state index in [9.17, 15) is 0 Å². The van der Waals surface area contributed by atoms with Crippen molar-refractivity contribution in [1.82, 2.24) is 4.90 Å². The monoisotopic (exact) mass is 256 g/mol. The van der Waals surface area contributed by atoms with Gasteiger partial charge in [0.1, 0.15) is 0 Å². The SMILES string of the molecule is NCC1(N(CC2CC2)C2CC2)Cc2ccccc2C1. The third kappa shape index (κ3) is 2.11. The molecule has 2 nitrogen and oxygen atoms in total. The molecule has 0 spiro atoms. The molecule has 1 aromatic rings. The number of benzene rings is 1. The van der Waals surface area contributed by atoms with Crippen molar-refractivity contribution >= 4 is 0 Å². The summed E-state index contributed by atoms with van der Waals surface area (Å²) in [6.07, 6.45) is 8.01. The van der Waals surface area contributed by atoms with Crippen LogP contribution in [-0.4, -0.2) is 29.6 Å². The van der Waals surface area contributed by atoms with Gasteiger partial charge in [0.25, 0.3) is 0 Å². The van der Waals surface area contributed by atoms with Crippen molar-refractivity contribution < 1.29 is 0 Å². The Balaban J connectivity index is 1.62. The first kappa shape index (κ1) is 11.9. The molecule has 0 saturated heterocycles. The van der Waals surface area contributed by atoms with Gasteiger partial charge in [-0.05, 0) is 55.6 Å². The van der Waals surface area contributed by atoms with Gasteiger partial charge in [-0.1, -0.05) is 24.3 Å². The molecule has 2 N–H and O–H groups in total. The normalized spacial score (nSPS) is 24.7. The number of nitrogens with two attached hydrogens (primary N) is 1. The van der Waals surface area contributed by atoms with Crippen LogP contribution in [0.3, 0.4) is 0 Å². The van der Waals surface area contributed by atoms with E-state index in [0.717, 1.165) is 18.5 Å². The van der Waals surface area contributed by atoms with Crippen LogP contribution in [-0.2, 0) is 12.8 Å². The highest BCUT2D eigenvalue weighted by atomic mass is 15.3. The van der Waals surface area contributed by atoms with Crippen LogP contribution in [0, 0.1) is 5.92 Å². The Bertz CT molecular complexity index is 449. The highest BCUT2D eigenvalue weighted by molar-refractivity contribution is 5.37. The van der Waals surface area contributed by atoms with E-state index in [1.54, 1.807) is 0 Å². The van der Waals surface area contributed by atoms with E-state index in [1.165, 1.54) is 56.2 Å². The molecule has 0 amide bonds. The Morgan fingerprint density at radius 3 is 2.16 bits per heavy atom. The van der Waals surface area contributed by atoms with Gasteiger partial charge in [-0.2, -0.15) is 0 Å². The summed E-state index contributed by atoms with van der Waals surface area (Å²) < 4.78 is 0. The topological polar surface area (TPSA) is 29.3 Å². The van der Waals surface area contributed by atoms with E-state index >= 15 is 0 Å². The molecule has 3 aliphatic rings. The highest BCUT2D eigenvalue weighted by Gasteiger charge is 2.48. The van der Waals surface area contributed by atoms with E-state index in [2.05, 4.69) is 29.2 Å². The lowest BCUT2D eigenvalue weighted by atomic mass is 9.92. The summed E-state index contributed by atoms with van der Waals surface area (Å²) in [5.41, 5.74) is 9.57. The van der Waals surface area contributed by atoms with Gasteiger partial charge in [0.2, 0.25) is 0 Å². The minimum atomic E-state index is 0.230. The van der Waals surface area contributed by atoms with Crippen molar-refractivity contribution in [3.8, 4) is 0 Å². The summed E-state index contributed by atoms with van der Waals surface area (Å²) in [7, 11) is 0. The molecule has 0 atom stereocenters. The van der Waals surface area contributed by atoms with Crippen LogP contribution < -0.4 is 5.73 Å². The highest BCUT2D eigenvalue weighted by Crippen LogP contribution is 2.43. The van der Waals surface area contributed by atoms with Crippen LogP contribution in [0.2, 0.25) is 0 Å². The maximum absolute atomic E-state index is 6.27. The molecule has 2 heteroatoms. The molecule has 0 heterocycles. The number of hydrogen-bond acceptors (Lipinski definition) is 2. The zero-order chi connectivity index (χ0) is 12.9. The van der Waals surface area contributed by atoms with Crippen molar-refractivity contribution in [1.29, 1.82) is 0 Å². The molecule has 2 fully saturated rings. The summed E-state index contributed by atoms with van der Waals surface area (Å²) in [6.45, 7) is 2.11. The molecule has 2 saturated carbocycles. The standard InChI is InChI=1S/C17H24N2/c18-12-17(9-14-3-1-2-4-15(14)10-17)19(16-7-8-16)11-13-5-6-13/h1-4,13,16H,5-12,18H2. The Morgan fingerprint density at radius 2 is 1.68 bits per heavy atom. The average Bonchev–Trinajstić information content (AvgIpc) is 3.32. The maximum Gasteiger partial charge on any atom is 0.0415 e. The van der Waals surface area contributed by atoms with Gasteiger partial charge in [-0.25, -0.2) is 0 Å². The van der Waals surface area contributed by atoms with E-state index in [4.69, 9.17) is 5.73 Å². The zero-order valence-corrected chi connectivity index (χ0v) is 11.6. The Kier molecular flexibility index (Phi) is 2.71. The van der Waals surface area contributed by atoms with E-state index in [1.807, 2.05) is 0 Å². The lowest BCUT2D eigenvalue weighted by Crippen LogP contribution is -2.56. The Labute approximate surface area is 116 Å². The minimum Gasteiger partial charge on any atom is -0.329 e. The van der Waals surface area contributed by atoms with Gasteiger partial charge in [0.15, 0.2) is 0 Å². The molecule has 0 unspecified atom stereocenters. The van der Waals surface area contributed by atoms with Crippen LogP contribution in [0.15, 0.2) is 24.3 Å². The molecule has 0 aromatic heterocycles. The minimum absolute atomic E-state index is 0.230. The average molecular weight is 256 g/mol. The predicted molar refractivity (Wildman–Crippen MR) is 78.1 cm³/mol. The van der Waals surface area contributed by atoms with Crippen LogP contribution in [0.4, 0.5) is 0 Å². The summed E-state index contributed by atoms with van der Waals surface area (Å²) in [5, 5.41) is 0. The first-order valence-electron chi connectivity index (χ1n) is 7.84. The summed E-state index contributed by atoms with van der Waals surface area (Å²) in [6, 6.07) is 9.78. The zero-order valence-electron chi connectivity index (χ0n) is 11.6. The smallest absolute Gasteiger partial charge is 0.0415 e. The first-order valence-corrected chi connectivity index (χ1v) is 7.84. The molecule has 3 aliphatic carbocycles. The van der Waals surface area contributed by atoms with Crippen molar-refractivity contribution in [2.45, 2.75) is 50.1 Å². The molecular weight excluding hydrogens is 232 g/mol. The Hall–Kier alpha value is -0.860. The van der Waals surface area contributed by atoms with Crippen molar-refractivity contribution in [3.05, 3.63) is 35.4 Å². The molecular formula is C17H24N2. The van der Waals surface area contributed by atoms with Crippen LogP contribution in [0.1, 0.15) is 36.8 Å². The molecule has 4 rings (SSSR count).